The molecule has 0 aliphatic rings. The van der Waals surface area contributed by atoms with Gasteiger partial charge in [0.2, 0.25) is 11.8 Å². The Bertz CT molecular complexity index is 266. The fraction of sp³-hybridized carbons (Fsp3) is 0.286. The van der Waals surface area contributed by atoms with Gasteiger partial charge in [-0.05, 0) is 6.72 Å². The van der Waals surface area contributed by atoms with Crippen LogP contribution in [0.15, 0.2) is 11.1 Å². The zero-order valence-corrected chi connectivity index (χ0v) is 6.94. The highest BCUT2D eigenvalue weighted by molar-refractivity contribution is 5.37. The maximum atomic E-state index is 4.88. The maximum absolute atomic E-state index is 4.88. The predicted molar refractivity (Wildman–Crippen MR) is 44.3 cm³/mol. The monoisotopic (exact) mass is 167 g/mol. The Morgan fingerprint density at radius 1 is 1.25 bits per heavy atom. The van der Waals surface area contributed by atoms with Gasteiger partial charge in [-0.3, -0.25) is 0 Å². The average molecular weight is 167 g/mol. The van der Waals surface area contributed by atoms with Crippen molar-refractivity contribution >= 4 is 12.7 Å². The van der Waals surface area contributed by atoms with Crippen molar-refractivity contribution in [2.75, 3.05) is 14.2 Å². The van der Waals surface area contributed by atoms with Crippen LogP contribution in [0.2, 0.25) is 0 Å². The van der Waals surface area contributed by atoms with E-state index in [1.165, 1.54) is 14.2 Å². The van der Waals surface area contributed by atoms with Crippen LogP contribution < -0.4 is 9.47 Å². The normalized spacial score (nSPS) is 9.17. The molecule has 1 heterocycles. The predicted octanol–water partition coefficient (Wildman–Crippen LogP) is 0.826. The molecule has 0 amide bonds. The van der Waals surface area contributed by atoms with Crippen molar-refractivity contribution in [2.45, 2.75) is 0 Å². The molecule has 5 heteroatoms. The van der Waals surface area contributed by atoms with Crippen LogP contribution in [0.5, 0.6) is 11.8 Å². The molecule has 0 aliphatic carbocycles. The minimum atomic E-state index is 0.242. The van der Waals surface area contributed by atoms with Crippen LogP contribution in [0.4, 0.5) is 5.95 Å². The van der Waals surface area contributed by atoms with Gasteiger partial charge in [-0.2, -0.15) is 9.97 Å². The summed E-state index contributed by atoms with van der Waals surface area (Å²) in [7, 11) is 3.02. The molecular formula is C7H9N3O2. The Labute approximate surface area is 70.1 Å². The summed E-state index contributed by atoms with van der Waals surface area (Å²) in [5.41, 5.74) is 0. The number of aromatic nitrogens is 2. The van der Waals surface area contributed by atoms with Crippen LogP contribution >= 0.6 is 0 Å². The molecule has 12 heavy (non-hydrogen) atoms. The van der Waals surface area contributed by atoms with E-state index in [0.717, 1.165) is 0 Å². The second kappa shape index (κ2) is 3.66. The van der Waals surface area contributed by atoms with Crippen molar-refractivity contribution in [3.8, 4) is 11.8 Å². The molecule has 0 bridgehead atoms. The molecule has 0 saturated heterocycles. The number of hydrogen-bond acceptors (Lipinski definition) is 5. The van der Waals surface area contributed by atoms with E-state index in [1.54, 1.807) is 6.07 Å². The molecule has 0 aromatic carbocycles. The molecule has 64 valence electrons. The summed E-state index contributed by atoms with van der Waals surface area (Å²) < 4.78 is 9.76. The van der Waals surface area contributed by atoms with E-state index in [2.05, 4.69) is 21.7 Å². The highest BCUT2D eigenvalue weighted by Crippen LogP contribution is 2.18. The molecule has 0 unspecified atom stereocenters. The molecule has 1 aromatic heterocycles. The molecule has 0 fully saturated rings. The van der Waals surface area contributed by atoms with E-state index in [-0.39, 0.29) is 5.95 Å². The quantitative estimate of drug-likeness (QED) is 0.625. The lowest BCUT2D eigenvalue weighted by atomic mass is 10.6. The molecule has 0 N–H and O–H groups in total. The Morgan fingerprint density at radius 2 is 1.75 bits per heavy atom. The second-order valence-corrected chi connectivity index (χ2v) is 1.91. The molecule has 0 atom stereocenters. The Morgan fingerprint density at radius 3 is 2.08 bits per heavy atom. The summed E-state index contributed by atoms with van der Waals surface area (Å²) in [5.74, 6) is 1.06. The molecular weight excluding hydrogens is 158 g/mol. The first-order valence-corrected chi connectivity index (χ1v) is 3.24. The van der Waals surface area contributed by atoms with Gasteiger partial charge in [0.25, 0.3) is 5.95 Å². The summed E-state index contributed by atoms with van der Waals surface area (Å²) >= 11 is 0. The van der Waals surface area contributed by atoms with Crippen molar-refractivity contribution in [1.29, 1.82) is 0 Å². The minimum absolute atomic E-state index is 0.242. The summed E-state index contributed by atoms with van der Waals surface area (Å²) in [6.45, 7) is 3.30. The first kappa shape index (κ1) is 8.45. The van der Waals surface area contributed by atoms with Crippen LogP contribution in [0.1, 0.15) is 0 Å². The third-order valence-electron chi connectivity index (χ3n) is 1.23. The molecule has 0 saturated carbocycles. The van der Waals surface area contributed by atoms with Gasteiger partial charge in [-0.25, -0.2) is 4.99 Å². The number of nitrogens with zero attached hydrogens (tertiary/aromatic N) is 3. The van der Waals surface area contributed by atoms with Gasteiger partial charge in [-0.15, -0.1) is 0 Å². The average Bonchev–Trinajstić information content (AvgIpc) is 2.16. The Kier molecular flexibility index (Phi) is 2.57. The van der Waals surface area contributed by atoms with Crippen LogP contribution in [0, 0.1) is 0 Å². The first-order chi connectivity index (χ1) is 5.80. The van der Waals surface area contributed by atoms with Gasteiger partial charge in [-0.1, -0.05) is 0 Å². The topological polar surface area (TPSA) is 56.6 Å². The van der Waals surface area contributed by atoms with E-state index in [4.69, 9.17) is 9.47 Å². The SMILES string of the molecule is C=Nc1nc(OC)cc(OC)n1. The standard InChI is InChI=1S/C7H9N3O2/c1-8-7-9-5(11-2)4-6(10-7)12-3/h4H,1H2,2-3H3. The van der Waals surface area contributed by atoms with Crippen molar-refractivity contribution in [3.63, 3.8) is 0 Å². The minimum Gasteiger partial charge on any atom is -0.481 e. The lowest BCUT2D eigenvalue weighted by Gasteiger charge is -2.02. The number of hydrogen-bond donors (Lipinski definition) is 0. The Hall–Kier alpha value is -1.65. The van der Waals surface area contributed by atoms with Crippen molar-refractivity contribution in [3.05, 3.63) is 6.07 Å². The largest absolute Gasteiger partial charge is 0.481 e. The lowest BCUT2D eigenvalue weighted by molar-refractivity contribution is 0.372. The van der Waals surface area contributed by atoms with E-state index >= 15 is 0 Å². The van der Waals surface area contributed by atoms with Crippen LogP contribution in [-0.4, -0.2) is 30.9 Å². The van der Waals surface area contributed by atoms with Crippen LogP contribution in [0.3, 0.4) is 0 Å². The molecule has 0 aliphatic heterocycles. The Balaban J connectivity index is 3.09. The molecule has 5 nitrogen and oxygen atoms in total. The summed E-state index contributed by atoms with van der Waals surface area (Å²) in [6.07, 6.45) is 0. The zero-order valence-electron chi connectivity index (χ0n) is 6.94. The van der Waals surface area contributed by atoms with Gasteiger partial charge in [0.05, 0.1) is 20.3 Å². The second-order valence-electron chi connectivity index (χ2n) is 1.91. The van der Waals surface area contributed by atoms with Crippen molar-refractivity contribution in [1.82, 2.24) is 9.97 Å². The first-order valence-electron chi connectivity index (χ1n) is 3.24. The summed E-state index contributed by atoms with van der Waals surface area (Å²) in [4.78, 5) is 11.3. The van der Waals surface area contributed by atoms with Gasteiger partial charge >= 0.3 is 0 Å². The third kappa shape index (κ3) is 1.69. The van der Waals surface area contributed by atoms with E-state index in [9.17, 15) is 0 Å². The fourth-order valence-corrected chi connectivity index (χ4v) is 0.672. The molecule has 1 aromatic rings. The third-order valence-corrected chi connectivity index (χ3v) is 1.23. The van der Waals surface area contributed by atoms with Gasteiger partial charge < -0.3 is 9.47 Å². The van der Waals surface area contributed by atoms with E-state index in [1.807, 2.05) is 0 Å². The number of methoxy groups -OCH3 is 2. The number of ether oxygens (including phenoxy) is 2. The van der Waals surface area contributed by atoms with Crippen molar-refractivity contribution in [2.24, 2.45) is 4.99 Å². The molecule has 1 rings (SSSR count). The fourth-order valence-electron chi connectivity index (χ4n) is 0.672. The lowest BCUT2D eigenvalue weighted by Crippen LogP contribution is -1.93. The van der Waals surface area contributed by atoms with Crippen LogP contribution in [-0.2, 0) is 0 Å². The van der Waals surface area contributed by atoms with Crippen LogP contribution in [0.25, 0.3) is 0 Å². The van der Waals surface area contributed by atoms with Crippen molar-refractivity contribution < 1.29 is 9.47 Å². The summed E-state index contributed by atoms with van der Waals surface area (Å²) in [5, 5.41) is 0. The zero-order chi connectivity index (χ0) is 8.97. The molecule has 0 spiro atoms. The van der Waals surface area contributed by atoms with Gasteiger partial charge in [0, 0.05) is 0 Å². The smallest absolute Gasteiger partial charge is 0.255 e. The molecule has 0 radical (unpaired) electrons. The number of aliphatic imine (C=N–C) groups is 1. The summed E-state index contributed by atoms with van der Waals surface area (Å²) in [6, 6.07) is 1.56. The maximum Gasteiger partial charge on any atom is 0.255 e. The highest BCUT2D eigenvalue weighted by Gasteiger charge is 2.02. The van der Waals surface area contributed by atoms with E-state index < -0.39 is 0 Å². The highest BCUT2D eigenvalue weighted by atomic mass is 16.5. The van der Waals surface area contributed by atoms with Gasteiger partial charge in [0.15, 0.2) is 0 Å². The van der Waals surface area contributed by atoms with E-state index in [0.29, 0.717) is 11.8 Å². The number of rotatable bonds is 3. The van der Waals surface area contributed by atoms with Gasteiger partial charge in [0.1, 0.15) is 0 Å².